The van der Waals surface area contributed by atoms with Gasteiger partial charge in [-0.3, -0.25) is 9.11 Å². The highest BCUT2D eigenvalue weighted by molar-refractivity contribution is 7.89. The van der Waals surface area contributed by atoms with Gasteiger partial charge in [-0.05, 0) is 24.5 Å². The second kappa shape index (κ2) is 14.7. The Morgan fingerprint density at radius 1 is 0.857 bits per heavy atom. The maximum Gasteiger partial charge on any atom is 0.265 e. The molecule has 0 aliphatic rings. The first-order valence-electron chi connectivity index (χ1n) is 9.31. The van der Waals surface area contributed by atoms with E-state index in [4.69, 9.17) is 18.9 Å². The standard InChI is InChI=1S/C16H26O2.C2H6O6S2/c1-2-3-4-5-6-7-10-15-11-8-9-12-16(15)18-14-13-17;3-9(4,5)1-2-10(6,7)8/h8-9,11-12,17H,2-7,10,13-14H2,1H3;1-2H2,(H,3,4,5)(H,6,7,8). The quantitative estimate of drug-likeness (QED) is 0.314. The van der Waals surface area contributed by atoms with Gasteiger partial charge in [-0.2, -0.15) is 16.8 Å². The molecule has 164 valence electrons. The van der Waals surface area contributed by atoms with Crippen molar-refractivity contribution in [2.75, 3.05) is 24.7 Å². The van der Waals surface area contributed by atoms with E-state index >= 15 is 0 Å². The fraction of sp³-hybridized carbons (Fsp3) is 0.667. The zero-order valence-electron chi connectivity index (χ0n) is 16.3. The van der Waals surface area contributed by atoms with Crippen LogP contribution < -0.4 is 4.74 Å². The Morgan fingerprint density at radius 3 is 1.93 bits per heavy atom. The van der Waals surface area contributed by atoms with Crippen LogP contribution in [-0.4, -0.2) is 55.8 Å². The molecule has 0 saturated carbocycles. The van der Waals surface area contributed by atoms with Crippen LogP contribution in [0, 0.1) is 0 Å². The summed E-state index contributed by atoms with van der Waals surface area (Å²) in [5.41, 5.74) is 1.27. The lowest BCUT2D eigenvalue weighted by molar-refractivity contribution is 0.200. The summed E-state index contributed by atoms with van der Waals surface area (Å²) in [6.07, 6.45) is 8.96. The number of aliphatic hydroxyl groups excluding tert-OH is 1. The summed E-state index contributed by atoms with van der Waals surface area (Å²) < 4.78 is 60.9. The Kier molecular flexibility index (Phi) is 14.1. The first-order valence-corrected chi connectivity index (χ1v) is 12.5. The molecule has 28 heavy (non-hydrogen) atoms. The molecule has 0 aliphatic heterocycles. The lowest BCUT2D eigenvalue weighted by Gasteiger charge is -2.10. The third-order valence-corrected chi connectivity index (χ3v) is 5.42. The summed E-state index contributed by atoms with van der Waals surface area (Å²) in [5.74, 6) is -1.03. The molecular weight excluding hydrogens is 408 g/mol. The minimum absolute atomic E-state index is 0.0748. The van der Waals surface area contributed by atoms with Crippen LogP contribution in [0.15, 0.2) is 24.3 Å². The number of aliphatic hydroxyl groups is 1. The van der Waals surface area contributed by atoms with E-state index in [-0.39, 0.29) is 6.61 Å². The van der Waals surface area contributed by atoms with Crippen LogP contribution >= 0.6 is 0 Å². The Hall–Kier alpha value is -1.20. The number of ether oxygens (including phenoxy) is 1. The van der Waals surface area contributed by atoms with Gasteiger partial charge >= 0.3 is 0 Å². The van der Waals surface area contributed by atoms with Crippen molar-refractivity contribution in [2.45, 2.75) is 51.9 Å². The molecule has 0 aliphatic carbocycles. The molecule has 1 aromatic carbocycles. The van der Waals surface area contributed by atoms with Crippen LogP contribution in [0.5, 0.6) is 5.75 Å². The maximum absolute atomic E-state index is 9.86. The molecule has 0 saturated heterocycles. The highest BCUT2D eigenvalue weighted by atomic mass is 32.2. The third kappa shape index (κ3) is 16.9. The van der Waals surface area contributed by atoms with E-state index in [2.05, 4.69) is 19.1 Å². The van der Waals surface area contributed by atoms with Crippen molar-refractivity contribution < 1.29 is 35.8 Å². The molecule has 8 nitrogen and oxygen atoms in total. The van der Waals surface area contributed by atoms with Crippen LogP contribution in [0.3, 0.4) is 0 Å². The summed E-state index contributed by atoms with van der Waals surface area (Å²) in [6.45, 7) is 2.70. The second-order valence-corrected chi connectivity index (χ2v) is 9.41. The predicted molar refractivity (Wildman–Crippen MR) is 109 cm³/mol. The smallest absolute Gasteiger partial charge is 0.265 e. The van der Waals surface area contributed by atoms with Crippen LogP contribution in [0.25, 0.3) is 0 Å². The largest absolute Gasteiger partial charge is 0.491 e. The van der Waals surface area contributed by atoms with Crippen molar-refractivity contribution in [3.05, 3.63) is 29.8 Å². The number of hydrogen-bond acceptors (Lipinski definition) is 6. The van der Waals surface area contributed by atoms with Crippen LogP contribution in [0.1, 0.15) is 51.0 Å². The number of rotatable bonds is 13. The summed E-state index contributed by atoms with van der Waals surface area (Å²) in [7, 11) is -8.59. The van der Waals surface area contributed by atoms with Crippen LogP contribution in [-0.2, 0) is 26.7 Å². The highest BCUT2D eigenvalue weighted by Gasteiger charge is 2.11. The van der Waals surface area contributed by atoms with Gasteiger partial charge in [0.2, 0.25) is 0 Å². The molecule has 0 amide bonds. The molecular formula is C18H32O8S2. The van der Waals surface area contributed by atoms with Gasteiger partial charge in [0.25, 0.3) is 20.2 Å². The average molecular weight is 441 g/mol. The molecule has 1 aromatic rings. The van der Waals surface area contributed by atoms with Gasteiger partial charge in [0.05, 0.1) is 18.1 Å². The maximum atomic E-state index is 9.86. The lowest BCUT2D eigenvalue weighted by Crippen LogP contribution is -2.15. The van der Waals surface area contributed by atoms with Gasteiger partial charge < -0.3 is 9.84 Å². The average Bonchev–Trinajstić information content (AvgIpc) is 2.61. The van der Waals surface area contributed by atoms with E-state index in [1.807, 2.05) is 12.1 Å². The molecule has 0 atom stereocenters. The summed E-state index contributed by atoms with van der Waals surface area (Å²) in [5, 5.41) is 8.79. The van der Waals surface area contributed by atoms with Crippen molar-refractivity contribution in [2.24, 2.45) is 0 Å². The fourth-order valence-corrected chi connectivity index (χ4v) is 4.00. The SMILES string of the molecule is CCCCCCCCc1ccccc1OCCO.O=S(=O)(O)CCS(=O)(=O)O. The van der Waals surface area contributed by atoms with Gasteiger partial charge in [-0.25, -0.2) is 0 Å². The lowest BCUT2D eigenvalue weighted by atomic mass is 10.0. The topological polar surface area (TPSA) is 138 Å². The van der Waals surface area contributed by atoms with E-state index in [9.17, 15) is 16.8 Å². The van der Waals surface area contributed by atoms with E-state index in [0.717, 1.165) is 12.2 Å². The van der Waals surface area contributed by atoms with Crippen molar-refractivity contribution in [3.63, 3.8) is 0 Å². The van der Waals surface area contributed by atoms with E-state index < -0.39 is 31.7 Å². The number of unbranched alkanes of at least 4 members (excludes halogenated alkanes) is 5. The van der Waals surface area contributed by atoms with Gasteiger partial charge in [0, 0.05) is 0 Å². The van der Waals surface area contributed by atoms with Crippen LogP contribution in [0.2, 0.25) is 0 Å². The van der Waals surface area contributed by atoms with Crippen molar-refractivity contribution in [3.8, 4) is 5.75 Å². The normalized spacial score (nSPS) is 11.6. The summed E-state index contributed by atoms with van der Waals surface area (Å²) >= 11 is 0. The number of aryl methyl sites for hydroxylation is 1. The van der Waals surface area contributed by atoms with Gasteiger partial charge in [-0.15, -0.1) is 0 Å². The second-order valence-electron chi connectivity index (χ2n) is 6.27. The molecule has 0 unspecified atom stereocenters. The van der Waals surface area contributed by atoms with Crippen LogP contribution in [0.4, 0.5) is 0 Å². The number of benzene rings is 1. The minimum atomic E-state index is -4.30. The number of para-hydroxylation sites is 1. The Balaban J connectivity index is 0.000000621. The van der Waals surface area contributed by atoms with Crippen molar-refractivity contribution in [1.82, 2.24) is 0 Å². The first-order chi connectivity index (χ1) is 13.1. The van der Waals surface area contributed by atoms with Crippen molar-refractivity contribution in [1.29, 1.82) is 0 Å². The molecule has 0 fully saturated rings. The third-order valence-electron chi connectivity index (χ3n) is 3.72. The summed E-state index contributed by atoms with van der Waals surface area (Å²) in [6, 6.07) is 8.15. The number of hydrogen-bond donors (Lipinski definition) is 3. The molecule has 0 bridgehead atoms. The Labute approximate surface area is 168 Å². The fourth-order valence-electron chi connectivity index (χ4n) is 2.31. The van der Waals surface area contributed by atoms with E-state index in [0.29, 0.717) is 6.61 Å². The molecule has 0 radical (unpaired) electrons. The predicted octanol–water partition coefficient (Wildman–Crippen LogP) is 2.72. The van der Waals surface area contributed by atoms with Gasteiger partial charge in [-0.1, -0.05) is 57.2 Å². The van der Waals surface area contributed by atoms with Crippen molar-refractivity contribution >= 4 is 20.2 Å². The minimum Gasteiger partial charge on any atom is -0.491 e. The first kappa shape index (κ1) is 26.8. The molecule has 0 heterocycles. The summed E-state index contributed by atoms with van der Waals surface area (Å²) in [4.78, 5) is 0. The highest BCUT2D eigenvalue weighted by Crippen LogP contribution is 2.20. The van der Waals surface area contributed by atoms with Gasteiger partial charge in [0.1, 0.15) is 12.4 Å². The van der Waals surface area contributed by atoms with E-state index in [1.54, 1.807) is 0 Å². The van der Waals surface area contributed by atoms with Gasteiger partial charge in [0.15, 0.2) is 0 Å². The zero-order chi connectivity index (χ0) is 21.5. The molecule has 1 rings (SSSR count). The van der Waals surface area contributed by atoms with E-state index in [1.165, 1.54) is 44.1 Å². The molecule has 0 spiro atoms. The Morgan fingerprint density at radius 2 is 1.39 bits per heavy atom. The molecule has 0 aromatic heterocycles. The Bertz CT molecular complexity index is 698. The monoisotopic (exact) mass is 440 g/mol. The molecule has 10 heteroatoms. The zero-order valence-corrected chi connectivity index (χ0v) is 17.9. The molecule has 3 N–H and O–H groups in total.